The van der Waals surface area contributed by atoms with Crippen molar-refractivity contribution >= 4 is 17.5 Å². The number of carbonyl (C=O) groups excluding carboxylic acids is 3. The molecule has 0 amide bonds. The van der Waals surface area contributed by atoms with E-state index in [2.05, 4.69) is 0 Å². The summed E-state index contributed by atoms with van der Waals surface area (Å²) in [6, 6.07) is 14.7. The Morgan fingerprint density at radius 1 is 1.06 bits per heavy atom. The van der Waals surface area contributed by atoms with E-state index in [9.17, 15) is 14.4 Å². The second kappa shape index (κ2) is 11.3. The molecule has 0 radical (unpaired) electrons. The van der Waals surface area contributed by atoms with E-state index in [0.717, 1.165) is 24.0 Å². The highest BCUT2D eigenvalue weighted by Crippen LogP contribution is 2.41. The zero-order valence-electron chi connectivity index (χ0n) is 20.5. The predicted octanol–water partition coefficient (Wildman–Crippen LogP) is 4.76. The molecule has 1 fully saturated rings. The van der Waals surface area contributed by atoms with Crippen LogP contribution in [0.3, 0.4) is 0 Å². The number of benzene rings is 2. The Kier molecular flexibility index (Phi) is 8.48. The number of cyclic esters (lactones) is 1. The van der Waals surface area contributed by atoms with Crippen LogP contribution in [0.25, 0.3) is 0 Å². The number of methoxy groups -OCH3 is 2. The molecule has 1 heterocycles. The molecule has 0 spiro atoms. The van der Waals surface area contributed by atoms with E-state index in [1.165, 1.54) is 0 Å². The number of hydrogen-bond acceptors (Lipinski definition) is 6. The second-order valence-electron chi connectivity index (χ2n) is 8.88. The zero-order valence-corrected chi connectivity index (χ0v) is 20.5. The molecule has 0 aliphatic carbocycles. The Balaban J connectivity index is 1.82. The van der Waals surface area contributed by atoms with Crippen LogP contribution in [-0.2, 0) is 32.0 Å². The molecule has 182 valence electrons. The van der Waals surface area contributed by atoms with Gasteiger partial charge in [-0.25, -0.2) is 0 Å². The molecule has 2 unspecified atom stereocenters. The number of rotatable bonds is 11. The second-order valence-corrected chi connectivity index (χ2v) is 8.88. The van der Waals surface area contributed by atoms with Crippen molar-refractivity contribution in [2.75, 3.05) is 14.2 Å². The van der Waals surface area contributed by atoms with Gasteiger partial charge in [0.2, 0.25) is 0 Å². The molecule has 0 saturated carbocycles. The predicted molar refractivity (Wildman–Crippen MR) is 129 cm³/mol. The zero-order chi connectivity index (χ0) is 24.7. The average molecular weight is 467 g/mol. The molecule has 0 aromatic heterocycles. The van der Waals surface area contributed by atoms with Gasteiger partial charge in [0.25, 0.3) is 0 Å². The lowest BCUT2D eigenvalue weighted by atomic mass is 9.72. The fraction of sp³-hybridized carbons (Fsp3) is 0.464. The lowest BCUT2D eigenvalue weighted by Gasteiger charge is -2.43. The first-order valence-electron chi connectivity index (χ1n) is 11.9. The molecular weight excluding hydrogens is 432 g/mol. The van der Waals surface area contributed by atoms with Gasteiger partial charge in [0.15, 0.2) is 17.5 Å². The fourth-order valence-corrected chi connectivity index (χ4v) is 5.04. The molecule has 2 aromatic rings. The maximum absolute atomic E-state index is 13.2. The van der Waals surface area contributed by atoms with Crippen molar-refractivity contribution in [3.8, 4) is 11.5 Å². The van der Waals surface area contributed by atoms with Gasteiger partial charge >= 0.3 is 5.97 Å². The van der Waals surface area contributed by atoms with E-state index in [1.54, 1.807) is 14.2 Å². The SMILES string of the molecule is CCC(CC)C1(CCc2ccc(OC)cc2OC)CC(=O)C(C(=O)Cc2ccccc2)C(=O)O1. The minimum atomic E-state index is -1.35. The molecular formula is C28H34O6. The van der Waals surface area contributed by atoms with Crippen molar-refractivity contribution in [3.05, 3.63) is 59.7 Å². The third kappa shape index (κ3) is 5.49. The number of ketones is 2. The molecule has 2 aromatic carbocycles. The van der Waals surface area contributed by atoms with Gasteiger partial charge in [-0.15, -0.1) is 0 Å². The van der Waals surface area contributed by atoms with Crippen LogP contribution in [0, 0.1) is 11.8 Å². The molecule has 0 bridgehead atoms. The summed E-state index contributed by atoms with van der Waals surface area (Å²) in [6.45, 7) is 4.07. The Labute approximate surface area is 201 Å². The quantitative estimate of drug-likeness (QED) is 0.351. The molecule has 6 heteroatoms. The minimum absolute atomic E-state index is 0.00909. The third-order valence-electron chi connectivity index (χ3n) is 6.92. The molecule has 0 N–H and O–H groups in total. The van der Waals surface area contributed by atoms with Crippen LogP contribution in [0.1, 0.15) is 50.7 Å². The monoisotopic (exact) mass is 466 g/mol. The van der Waals surface area contributed by atoms with E-state index in [-0.39, 0.29) is 24.5 Å². The van der Waals surface area contributed by atoms with Gasteiger partial charge in [0.1, 0.15) is 17.1 Å². The number of Topliss-reactive ketones (excluding diaryl/α,β-unsaturated/α-hetero) is 2. The van der Waals surface area contributed by atoms with Crippen LogP contribution in [0.15, 0.2) is 48.5 Å². The average Bonchev–Trinajstić information content (AvgIpc) is 2.83. The van der Waals surface area contributed by atoms with Crippen LogP contribution in [0.4, 0.5) is 0 Å². The van der Waals surface area contributed by atoms with Crippen LogP contribution in [-0.4, -0.2) is 37.4 Å². The lowest BCUT2D eigenvalue weighted by molar-refractivity contribution is -0.186. The molecule has 1 saturated heterocycles. The first-order chi connectivity index (χ1) is 16.4. The Bertz CT molecular complexity index is 991. The van der Waals surface area contributed by atoms with Gasteiger partial charge < -0.3 is 14.2 Å². The van der Waals surface area contributed by atoms with Gasteiger partial charge in [-0.3, -0.25) is 14.4 Å². The number of aryl methyl sites for hydroxylation is 1. The molecule has 1 aliphatic heterocycles. The molecule has 2 atom stereocenters. The van der Waals surface area contributed by atoms with Crippen molar-refractivity contribution in [2.24, 2.45) is 11.8 Å². The molecule has 34 heavy (non-hydrogen) atoms. The van der Waals surface area contributed by atoms with Gasteiger partial charge in [-0.2, -0.15) is 0 Å². The van der Waals surface area contributed by atoms with E-state index in [1.807, 2.05) is 62.4 Å². The van der Waals surface area contributed by atoms with Crippen LogP contribution < -0.4 is 9.47 Å². The third-order valence-corrected chi connectivity index (χ3v) is 6.92. The maximum Gasteiger partial charge on any atom is 0.324 e. The standard InChI is InChI=1S/C28H34O6/c1-5-21(6-2)28(15-14-20-12-13-22(32-3)17-25(20)33-4)18-24(30)26(27(31)34-28)23(29)16-19-10-8-7-9-11-19/h7-13,17,21,26H,5-6,14-16,18H2,1-4H3. The Morgan fingerprint density at radius 2 is 1.76 bits per heavy atom. The Hall–Kier alpha value is -3.15. The van der Waals surface area contributed by atoms with Gasteiger partial charge in [-0.1, -0.05) is 50.2 Å². The highest BCUT2D eigenvalue weighted by molar-refractivity contribution is 6.19. The maximum atomic E-state index is 13.2. The van der Waals surface area contributed by atoms with Crippen LogP contribution in [0.2, 0.25) is 0 Å². The lowest BCUT2D eigenvalue weighted by Crippen LogP contribution is -2.54. The summed E-state index contributed by atoms with van der Waals surface area (Å²) in [5.74, 6) is -1.43. The van der Waals surface area contributed by atoms with Crippen molar-refractivity contribution in [2.45, 2.75) is 58.0 Å². The first-order valence-corrected chi connectivity index (χ1v) is 11.9. The summed E-state index contributed by atoms with van der Waals surface area (Å²) in [5.41, 5.74) is 0.780. The summed E-state index contributed by atoms with van der Waals surface area (Å²) < 4.78 is 16.9. The van der Waals surface area contributed by atoms with Crippen molar-refractivity contribution < 1.29 is 28.6 Å². The molecule has 3 rings (SSSR count). The van der Waals surface area contributed by atoms with E-state index < -0.39 is 23.3 Å². The van der Waals surface area contributed by atoms with Crippen molar-refractivity contribution in [1.82, 2.24) is 0 Å². The van der Waals surface area contributed by atoms with Crippen LogP contribution in [0.5, 0.6) is 11.5 Å². The smallest absolute Gasteiger partial charge is 0.324 e. The summed E-state index contributed by atoms with van der Waals surface area (Å²) in [5, 5.41) is 0. The number of ether oxygens (including phenoxy) is 3. The van der Waals surface area contributed by atoms with Crippen molar-refractivity contribution in [1.29, 1.82) is 0 Å². The molecule has 1 aliphatic rings. The van der Waals surface area contributed by atoms with Gasteiger partial charge in [0, 0.05) is 18.9 Å². The van der Waals surface area contributed by atoms with Gasteiger partial charge in [0.05, 0.1) is 14.2 Å². The summed E-state index contributed by atoms with van der Waals surface area (Å²) in [6.07, 6.45) is 2.65. The van der Waals surface area contributed by atoms with E-state index in [4.69, 9.17) is 14.2 Å². The minimum Gasteiger partial charge on any atom is -0.497 e. The first kappa shape index (κ1) is 25.5. The summed E-state index contributed by atoms with van der Waals surface area (Å²) in [7, 11) is 3.20. The summed E-state index contributed by atoms with van der Waals surface area (Å²) >= 11 is 0. The van der Waals surface area contributed by atoms with E-state index in [0.29, 0.717) is 24.3 Å². The van der Waals surface area contributed by atoms with Gasteiger partial charge in [-0.05, 0) is 48.8 Å². The van der Waals surface area contributed by atoms with Crippen molar-refractivity contribution in [3.63, 3.8) is 0 Å². The highest BCUT2D eigenvalue weighted by atomic mass is 16.6. The topological polar surface area (TPSA) is 78.9 Å². The highest BCUT2D eigenvalue weighted by Gasteiger charge is 2.52. The Morgan fingerprint density at radius 3 is 2.35 bits per heavy atom. The summed E-state index contributed by atoms with van der Waals surface area (Å²) in [4.78, 5) is 39.2. The largest absolute Gasteiger partial charge is 0.497 e. The van der Waals surface area contributed by atoms with E-state index >= 15 is 0 Å². The molecule has 6 nitrogen and oxygen atoms in total. The normalized spacial score (nSPS) is 20.2. The fourth-order valence-electron chi connectivity index (χ4n) is 5.04. The number of esters is 1. The number of carbonyl (C=O) groups is 3. The van der Waals surface area contributed by atoms with Crippen LogP contribution >= 0.6 is 0 Å². The number of hydrogen-bond donors (Lipinski definition) is 0.